The van der Waals surface area contributed by atoms with Crippen LogP contribution in [0.3, 0.4) is 0 Å². The molecule has 0 aromatic heterocycles. The van der Waals surface area contributed by atoms with Crippen LogP contribution in [-0.2, 0) is 0 Å². The average Bonchev–Trinajstić information content (AvgIpc) is 2.21. The van der Waals surface area contributed by atoms with Crippen molar-refractivity contribution in [2.24, 2.45) is 0 Å². The van der Waals surface area contributed by atoms with Crippen LogP contribution in [0.2, 0.25) is 0 Å². The molecule has 94 valence electrons. The van der Waals surface area contributed by atoms with Gasteiger partial charge in [-0.1, -0.05) is 0 Å². The number of Topliss-reactive ketones (excluding diaryl/α,β-unsaturated/α-hetero) is 1. The molecule has 0 saturated carbocycles. The maximum atomic E-state index is 13.6. The smallest absolute Gasteiger partial charge is 0.454 e. The van der Waals surface area contributed by atoms with E-state index in [2.05, 4.69) is 0 Å². The van der Waals surface area contributed by atoms with Gasteiger partial charge in [0.1, 0.15) is 0 Å². The topological polar surface area (TPSA) is 26.3 Å². The van der Waals surface area contributed by atoms with Gasteiger partial charge in [0.2, 0.25) is 0 Å². The third-order valence-electron chi connectivity index (χ3n) is 1.99. The van der Waals surface area contributed by atoms with Crippen molar-refractivity contribution in [3.8, 4) is 5.75 Å². The molecule has 0 N–H and O–H groups in total. The largest absolute Gasteiger partial charge is 0.491 e. The van der Waals surface area contributed by atoms with Crippen molar-refractivity contribution >= 4 is 5.78 Å². The van der Waals surface area contributed by atoms with Crippen LogP contribution in [-0.4, -0.2) is 18.6 Å². The van der Waals surface area contributed by atoms with Gasteiger partial charge in [0.05, 0.1) is 12.2 Å². The first-order valence-corrected chi connectivity index (χ1v) is 4.81. The van der Waals surface area contributed by atoms with Gasteiger partial charge in [0.25, 0.3) is 5.78 Å². The number of ether oxygens (including phenoxy) is 1. The number of rotatable bonds is 3. The van der Waals surface area contributed by atoms with Crippen molar-refractivity contribution in [3.05, 3.63) is 29.1 Å². The molecule has 1 aromatic rings. The predicted molar refractivity (Wildman–Crippen MR) is 52.7 cm³/mol. The predicted octanol–water partition coefficient (Wildman–Crippen LogP) is 3.28. The Kier molecular flexibility index (Phi) is 3.75. The molecule has 0 radical (unpaired) electrons. The summed E-state index contributed by atoms with van der Waals surface area (Å²) in [6, 6.07) is 2.10. The van der Waals surface area contributed by atoms with Gasteiger partial charge in [-0.15, -0.1) is 0 Å². The van der Waals surface area contributed by atoms with Crippen molar-refractivity contribution in [1.82, 2.24) is 0 Å². The molecule has 0 bridgehead atoms. The lowest BCUT2D eigenvalue weighted by molar-refractivity contribution is -0.0887. The standard InChI is InChI=1S/C11H10F4O2/c1-3-17-8-5-6(2)4-7(9(8)12)10(16)11(13,14)15/h4-5H,3H2,1-2H3. The fourth-order valence-corrected chi connectivity index (χ4v) is 1.31. The minimum absolute atomic E-state index is 0.0972. The molecular formula is C11H10F4O2. The van der Waals surface area contributed by atoms with Crippen LogP contribution in [0.25, 0.3) is 0 Å². The Hall–Kier alpha value is -1.59. The molecule has 0 aliphatic rings. The first-order chi connectivity index (χ1) is 7.77. The molecule has 0 aliphatic carbocycles. The van der Waals surface area contributed by atoms with Crippen LogP contribution in [0.4, 0.5) is 17.6 Å². The zero-order chi connectivity index (χ0) is 13.2. The van der Waals surface area contributed by atoms with Crippen molar-refractivity contribution in [2.75, 3.05) is 6.61 Å². The molecule has 0 heterocycles. The van der Waals surface area contributed by atoms with E-state index in [1.165, 1.54) is 13.0 Å². The number of alkyl halides is 3. The fraction of sp³-hybridized carbons (Fsp3) is 0.364. The van der Waals surface area contributed by atoms with Crippen molar-refractivity contribution in [3.63, 3.8) is 0 Å². The molecular weight excluding hydrogens is 240 g/mol. The van der Waals surface area contributed by atoms with Gasteiger partial charge in [0, 0.05) is 0 Å². The zero-order valence-corrected chi connectivity index (χ0v) is 9.19. The SMILES string of the molecule is CCOc1cc(C)cc(C(=O)C(F)(F)F)c1F. The lowest BCUT2D eigenvalue weighted by Crippen LogP contribution is -2.24. The third kappa shape index (κ3) is 2.95. The summed E-state index contributed by atoms with van der Waals surface area (Å²) >= 11 is 0. The number of halogens is 4. The van der Waals surface area contributed by atoms with E-state index in [4.69, 9.17) is 4.74 Å². The third-order valence-corrected chi connectivity index (χ3v) is 1.99. The lowest BCUT2D eigenvalue weighted by Gasteiger charge is -2.11. The first-order valence-electron chi connectivity index (χ1n) is 4.81. The quantitative estimate of drug-likeness (QED) is 0.608. The first kappa shape index (κ1) is 13.5. The molecule has 1 aromatic carbocycles. The highest BCUT2D eigenvalue weighted by molar-refractivity contribution is 6.01. The maximum absolute atomic E-state index is 13.6. The normalized spacial score (nSPS) is 11.4. The van der Waals surface area contributed by atoms with Gasteiger partial charge in [-0.25, -0.2) is 4.39 Å². The highest BCUT2D eigenvalue weighted by atomic mass is 19.4. The lowest BCUT2D eigenvalue weighted by atomic mass is 10.1. The number of carbonyl (C=O) groups is 1. The number of ketones is 1. The van der Waals surface area contributed by atoms with Crippen LogP contribution in [0.1, 0.15) is 22.8 Å². The molecule has 0 saturated heterocycles. The summed E-state index contributed by atoms with van der Waals surface area (Å²) in [6.45, 7) is 3.11. The molecule has 0 amide bonds. The molecule has 0 unspecified atom stereocenters. The second-order valence-electron chi connectivity index (χ2n) is 3.38. The van der Waals surface area contributed by atoms with Crippen LogP contribution in [0, 0.1) is 12.7 Å². The van der Waals surface area contributed by atoms with E-state index in [9.17, 15) is 22.4 Å². The van der Waals surface area contributed by atoms with Crippen LogP contribution in [0.15, 0.2) is 12.1 Å². The van der Waals surface area contributed by atoms with Crippen molar-refractivity contribution < 1.29 is 27.1 Å². The maximum Gasteiger partial charge on any atom is 0.454 e. The summed E-state index contributed by atoms with van der Waals surface area (Å²) in [7, 11) is 0. The van der Waals surface area contributed by atoms with Gasteiger partial charge >= 0.3 is 6.18 Å². The van der Waals surface area contributed by atoms with E-state index in [0.717, 1.165) is 6.07 Å². The molecule has 1 rings (SSSR count). The minimum atomic E-state index is -5.10. The van der Waals surface area contributed by atoms with Gasteiger partial charge in [-0.3, -0.25) is 4.79 Å². The second kappa shape index (κ2) is 4.73. The Bertz CT molecular complexity index is 438. The second-order valence-corrected chi connectivity index (χ2v) is 3.38. The Morgan fingerprint density at radius 2 is 1.94 bits per heavy atom. The summed E-state index contributed by atoms with van der Waals surface area (Å²) in [5.41, 5.74) is -0.691. The molecule has 2 nitrogen and oxygen atoms in total. The summed E-state index contributed by atoms with van der Waals surface area (Å²) < 4.78 is 55.0. The fourth-order valence-electron chi connectivity index (χ4n) is 1.31. The Balaban J connectivity index is 3.29. The minimum Gasteiger partial charge on any atom is -0.491 e. The Morgan fingerprint density at radius 1 is 1.35 bits per heavy atom. The summed E-state index contributed by atoms with van der Waals surface area (Å²) in [6.07, 6.45) is -5.10. The van der Waals surface area contributed by atoms with Crippen molar-refractivity contribution in [1.29, 1.82) is 0 Å². The van der Waals surface area contributed by atoms with Gasteiger partial charge in [0.15, 0.2) is 11.6 Å². The number of carbonyl (C=O) groups excluding carboxylic acids is 1. The summed E-state index contributed by atoms with van der Waals surface area (Å²) in [4.78, 5) is 11.0. The summed E-state index contributed by atoms with van der Waals surface area (Å²) in [5.74, 6) is -3.83. The van der Waals surface area contributed by atoms with Gasteiger partial charge in [-0.05, 0) is 31.5 Å². The van der Waals surface area contributed by atoms with Crippen molar-refractivity contribution in [2.45, 2.75) is 20.0 Å². The number of hydrogen-bond acceptors (Lipinski definition) is 2. The van der Waals surface area contributed by atoms with Crippen LogP contribution >= 0.6 is 0 Å². The van der Waals surface area contributed by atoms with E-state index in [-0.39, 0.29) is 12.4 Å². The number of hydrogen-bond donors (Lipinski definition) is 0. The highest BCUT2D eigenvalue weighted by Gasteiger charge is 2.41. The highest BCUT2D eigenvalue weighted by Crippen LogP contribution is 2.28. The molecule has 6 heteroatoms. The van der Waals surface area contributed by atoms with E-state index in [1.807, 2.05) is 0 Å². The molecule has 0 fully saturated rings. The monoisotopic (exact) mass is 250 g/mol. The van der Waals surface area contributed by atoms with E-state index in [0.29, 0.717) is 5.56 Å². The Morgan fingerprint density at radius 3 is 2.41 bits per heavy atom. The molecule has 17 heavy (non-hydrogen) atoms. The van der Waals surface area contributed by atoms with E-state index < -0.39 is 23.3 Å². The zero-order valence-electron chi connectivity index (χ0n) is 9.19. The number of benzene rings is 1. The van der Waals surface area contributed by atoms with Gasteiger partial charge in [-0.2, -0.15) is 13.2 Å². The molecule has 0 atom stereocenters. The Labute approximate surface area is 95.2 Å². The van der Waals surface area contributed by atoms with Crippen LogP contribution < -0.4 is 4.74 Å². The average molecular weight is 250 g/mol. The van der Waals surface area contributed by atoms with Gasteiger partial charge < -0.3 is 4.74 Å². The molecule has 0 spiro atoms. The van der Waals surface area contributed by atoms with E-state index >= 15 is 0 Å². The van der Waals surface area contributed by atoms with E-state index in [1.54, 1.807) is 6.92 Å². The summed E-state index contributed by atoms with van der Waals surface area (Å²) in [5, 5.41) is 0. The number of aryl methyl sites for hydroxylation is 1. The van der Waals surface area contributed by atoms with Crippen LogP contribution in [0.5, 0.6) is 5.75 Å². The molecule has 0 aliphatic heterocycles.